The highest BCUT2D eigenvalue weighted by Gasteiger charge is 2.12. The molecule has 1 aromatic heterocycles. The van der Waals surface area contributed by atoms with Gasteiger partial charge in [0.05, 0.1) is 0 Å². The number of H-pyrrole nitrogens is 1. The summed E-state index contributed by atoms with van der Waals surface area (Å²) >= 11 is 0. The van der Waals surface area contributed by atoms with Crippen molar-refractivity contribution in [2.75, 3.05) is 11.9 Å². The Labute approximate surface area is 115 Å². The van der Waals surface area contributed by atoms with E-state index in [0.717, 1.165) is 5.56 Å². The van der Waals surface area contributed by atoms with E-state index < -0.39 is 0 Å². The van der Waals surface area contributed by atoms with Crippen LogP contribution in [0.1, 0.15) is 33.5 Å². The molecule has 0 aliphatic heterocycles. The summed E-state index contributed by atoms with van der Waals surface area (Å²) in [7, 11) is 0. The van der Waals surface area contributed by atoms with E-state index in [4.69, 9.17) is 0 Å². The van der Waals surface area contributed by atoms with Crippen molar-refractivity contribution in [1.29, 1.82) is 0 Å². The maximum absolute atomic E-state index is 11.8. The Morgan fingerprint density at radius 1 is 1.30 bits per heavy atom. The third-order valence-electron chi connectivity index (χ3n) is 2.70. The summed E-state index contributed by atoms with van der Waals surface area (Å²) < 4.78 is 0. The van der Waals surface area contributed by atoms with E-state index in [1.54, 1.807) is 18.2 Å². The fraction of sp³-hybridized carbons (Fsp3) is 0.231. The van der Waals surface area contributed by atoms with Crippen LogP contribution in [0.5, 0.6) is 0 Å². The fourth-order valence-electron chi connectivity index (χ4n) is 1.70. The summed E-state index contributed by atoms with van der Waals surface area (Å²) in [5, 5.41) is 11.5. The molecule has 2 rings (SSSR count). The molecule has 2 amide bonds. The number of aromatic amines is 1. The van der Waals surface area contributed by atoms with E-state index in [1.165, 1.54) is 6.33 Å². The second-order valence-corrected chi connectivity index (χ2v) is 4.18. The van der Waals surface area contributed by atoms with Crippen molar-refractivity contribution in [1.82, 2.24) is 20.5 Å². The zero-order valence-electron chi connectivity index (χ0n) is 11.2. The van der Waals surface area contributed by atoms with E-state index in [0.29, 0.717) is 17.8 Å². The van der Waals surface area contributed by atoms with Crippen LogP contribution in [0, 0.1) is 6.92 Å². The first-order chi connectivity index (χ1) is 9.61. The van der Waals surface area contributed by atoms with Gasteiger partial charge in [-0.05, 0) is 37.6 Å². The van der Waals surface area contributed by atoms with Gasteiger partial charge < -0.3 is 10.6 Å². The number of hydrogen-bond acceptors (Lipinski definition) is 4. The number of hydrogen-bond donors (Lipinski definition) is 3. The molecular formula is C13H15N5O2. The standard InChI is InChI=1S/C13H15N5O2/c1-3-14-12(19)9-4-5-10(8(2)6-9)17-13(20)11-15-7-16-18-11/h4-7H,3H2,1-2H3,(H,14,19)(H,17,20)(H,15,16,18). The van der Waals surface area contributed by atoms with Crippen LogP contribution in [0.15, 0.2) is 24.5 Å². The van der Waals surface area contributed by atoms with Gasteiger partial charge >= 0.3 is 0 Å². The third-order valence-corrected chi connectivity index (χ3v) is 2.70. The Kier molecular flexibility index (Phi) is 4.09. The summed E-state index contributed by atoms with van der Waals surface area (Å²) in [5.41, 5.74) is 1.98. The molecule has 0 aliphatic carbocycles. The zero-order chi connectivity index (χ0) is 14.5. The highest BCUT2D eigenvalue weighted by Crippen LogP contribution is 2.17. The largest absolute Gasteiger partial charge is 0.352 e. The van der Waals surface area contributed by atoms with Gasteiger partial charge in [-0.1, -0.05) is 0 Å². The Bertz CT molecular complexity index is 622. The molecule has 1 heterocycles. The van der Waals surface area contributed by atoms with Crippen LogP contribution in [0.25, 0.3) is 0 Å². The molecule has 0 bridgehead atoms. The van der Waals surface area contributed by atoms with Gasteiger partial charge in [-0.25, -0.2) is 4.98 Å². The number of nitrogens with one attached hydrogen (secondary N) is 3. The normalized spacial score (nSPS) is 10.1. The van der Waals surface area contributed by atoms with Crippen molar-refractivity contribution in [2.45, 2.75) is 13.8 Å². The molecule has 1 aromatic carbocycles. The van der Waals surface area contributed by atoms with E-state index in [2.05, 4.69) is 25.8 Å². The second kappa shape index (κ2) is 5.96. The molecule has 0 spiro atoms. The number of aryl methyl sites for hydroxylation is 1. The van der Waals surface area contributed by atoms with E-state index in [1.807, 2.05) is 13.8 Å². The lowest BCUT2D eigenvalue weighted by molar-refractivity contribution is 0.0955. The van der Waals surface area contributed by atoms with Crippen molar-refractivity contribution >= 4 is 17.5 Å². The number of aromatic nitrogens is 3. The number of amides is 2. The van der Waals surface area contributed by atoms with E-state index in [9.17, 15) is 9.59 Å². The molecule has 0 unspecified atom stereocenters. The summed E-state index contributed by atoms with van der Waals surface area (Å²) in [6.45, 7) is 4.25. The Morgan fingerprint density at radius 2 is 2.10 bits per heavy atom. The Morgan fingerprint density at radius 3 is 2.70 bits per heavy atom. The topological polar surface area (TPSA) is 99.8 Å². The molecule has 0 fully saturated rings. The maximum atomic E-state index is 11.8. The fourth-order valence-corrected chi connectivity index (χ4v) is 1.70. The first-order valence-electron chi connectivity index (χ1n) is 6.17. The van der Waals surface area contributed by atoms with Gasteiger partial charge in [-0.3, -0.25) is 14.7 Å². The van der Waals surface area contributed by atoms with Crippen LogP contribution < -0.4 is 10.6 Å². The Balaban J connectivity index is 2.14. The van der Waals surface area contributed by atoms with Crippen LogP contribution in [0.2, 0.25) is 0 Å². The van der Waals surface area contributed by atoms with Gasteiger partial charge in [0.25, 0.3) is 11.8 Å². The summed E-state index contributed by atoms with van der Waals surface area (Å²) in [6.07, 6.45) is 1.26. The minimum atomic E-state index is -0.378. The lowest BCUT2D eigenvalue weighted by Crippen LogP contribution is -2.23. The molecule has 7 heteroatoms. The van der Waals surface area contributed by atoms with E-state index in [-0.39, 0.29) is 17.6 Å². The number of rotatable bonds is 4. The predicted molar refractivity (Wildman–Crippen MR) is 73.5 cm³/mol. The molecule has 0 saturated heterocycles. The molecule has 2 aromatic rings. The Hall–Kier alpha value is -2.70. The number of carbonyl (C=O) groups excluding carboxylic acids is 2. The number of nitrogens with zero attached hydrogens (tertiary/aromatic N) is 2. The third kappa shape index (κ3) is 3.00. The SMILES string of the molecule is CCNC(=O)c1ccc(NC(=O)c2ncn[nH]2)c(C)c1. The van der Waals surface area contributed by atoms with Crippen molar-refractivity contribution in [3.05, 3.63) is 41.5 Å². The minimum Gasteiger partial charge on any atom is -0.352 e. The van der Waals surface area contributed by atoms with Crippen molar-refractivity contribution in [3.63, 3.8) is 0 Å². The van der Waals surface area contributed by atoms with Gasteiger partial charge in [0.15, 0.2) is 0 Å². The first kappa shape index (κ1) is 13.7. The first-order valence-corrected chi connectivity index (χ1v) is 6.17. The summed E-state index contributed by atoms with van der Waals surface area (Å²) in [5.74, 6) is -0.378. The number of carbonyl (C=O) groups is 2. The monoisotopic (exact) mass is 273 g/mol. The molecular weight excluding hydrogens is 258 g/mol. The lowest BCUT2D eigenvalue weighted by Gasteiger charge is -2.09. The lowest BCUT2D eigenvalue weighted by atomic mass is 10.1. The highest BCUT2D eigenvalue weighted by molar-refractivity contribution is 6.02. The summed E-state index contributed by atoms with van der Waals surface area (Å²) in [6, 6.07) is 5.07. The smallest absolute Gasteiger partial charge is 0.292 e. The molecule has 0 aliphatic rings. The molecule has 20 heavy (non-hydrogen) atoms. The molecule has 0 atom stereocenters. The van der Waals surface area contributed by atoms with E-state index >= 15 is 0 Å². The van der Waals surface area contributed by atoms with Gasteiger partial charge in [-0.15, -0.1) is 0 Å². The minimum absolute atomic E-state index is 0.135. The summed E-state index contributed by atoms with van der Waals surface area (Å²) in [4.78, 5) is 27.3. The quantitative estimate of drug-likeness (QED) is 0.777. The molecule has 3 N–H and O–H groups in total. The molecule has 7 nitrogen and oxygen atoms in total. The highest BCUT2D eigenvalue weighted by atomic mass is 16.2. The predicted octanol–water partition coefficient (Wildman–Crippen LogP) is 1.12. The number of benzene rings is 1. The average Bonchev–Trinajstić information content (AvgIpc) is 2.95. The van der Waals surface area contributed by atoms with Crippen molar-refractivity contribution in [3.8, 4) is 0 Å². The average molecular weight is 273 g/mol. The molecule has 0 radical (unpaired) electrons. The zero-order valence-corrected chi connectivity index (χ0v) is 11.2. The van der Waals surface area contributed by atoms with Gasteiger partial charge in [0.2, 0.25) is 5.82 Å². The molecule has 104 valence electrons. The van der Waals surface area contributed by atoms with Crippen LogP contribution in [-0.4, -0.2) is 33.5 Å². The van der Waals surface area contributed by atoms with Crippen molar-refractivity contribution < 1.29 is 9.59 Å². The van der Waals surface area contributed by atoms with Gasteiger partial charge in [-0.2, -0.15) is 5.10 Å². The van der Waals surface area contributed by atoms with Gasteiger partial charge in [0, 0.05) is 17.8 Å². The second-order valence-electron chi connectivity index (χ2n) is 4.18. The van der Waals surface area contributed by atoms with Crippen LogP contribution >= 0.6 is 0 Å². The van der Waals surface area contributed by atoms with Gasteiger partial charge in [0.1, 0.15) is 6.33 Å². The van der Waals surface area contributed by atoms with Crippen LogP contribution in [0.3, 0.4) is 0 Å². The van der Waals surface area contributed by atoms with Crippen molar-refractivity contribution in [2.24, 2.45) is 0 Å². The van der Waals surface area contributed by atoms with Crippen LogP contribution in [0.4, 0.5) is 5.69 Å². The maximum Gasteiger partial charge on any atom is 0.292 e. The number of anilines is 1. The van der Waals surface area contributed by atoms with Crippen LogP contribution in [-0.2, 0) is 0 Å². The molecule has 0 saturated carbocycles.